The Labute approximate surface area is 121 Å². The molecule has 0 unspecified atom stereocenters. The van der Waals surface area contributed by atoms with E-state index in [0.29, 0.717) is 0 Å². The largest absolute Gasteiger partial charge is 0.456 e. The Morgan fingerprint density at radius 1 is 0.947 bits per heavy atom. The summed E-state index contributed by atoms with van der Waals surface area (Å²) in [6.45, 7) is 7.04. The van der Waals surface area contributed by atoms with E-state index >= 15 is 0 Å². The number of hydrogen-bond donors (Lipinski definition) is 0. The standard InChI is InChI=1S/C4H14O7Si8/c1-13(2)11-19(3,4)18(10)17(9)16(8)15(7)14(6)12-5/h12-13H,1-4H3. The van der Waals surface area contributed by atoms with Crippen molar-refractivity contribution in [2.75, 3.05) is 0 Å². The highest BCUT2D eigenvalue weighted by atomic mass is 30.0. The summed E-state index contributed by atoms with van der Waals surface area (Å²) in [5.74, 6) is 0. The molecule has 0 aromatic carbocycles. The molecule has 0 aliphatic carbocycles. The van der Waals surface area contributed by atoms with Gasteiger partial charge in [-0.2, -0.15) is 0 Å². The minimum atomic E-state index is -3.17. The van der Waals surface area contributed by atoms with Gasteiger partial charge in [0, 0.05) is 0 Å². The van der Waals surface area contributed by atoms with E-state index in [-0.39, 0.29) is 0 Å². The molecule has 19 heavy (non-hydrogen) atoms. The molecule has 0 atom stereocenters. The predicted molar refractivity (Wildman–Crippen MR) is 77.5 cm³/mol. The van der Waals surface area contributed by atoms with Gasteiger partial charge in [0.15, 0.2) is 9.04 Å². The van der Waals surface area contributed by atoms with Gasteiger partial charge in [-0.1, -0.05) is 0 Å². The smallest absolute Gasteiger partial charge is 0.380 e. The number of hydrogen-bond acceptors (Lipinski definition) is 7. The molecule has 0 saturated heterocycles. The summed E-state index contributed by atoms with van der Waals surface area (Å²) in [6, 6.07) is 0. The summed E-state index contributed by atoms with van der Waals surface area (Å²) in [6.07, 6.45) is 0. The lowest BCUT2D eigenvalue weighted by molar-refractivity contribution is 0.535. The third kappa shape index (κ3) is 5.78. The third-order valence-corrected chi connectivity index (χ3v) is 52.0. The Morgan fingerprint density at radius 3 is 1.79 bits per heavy atom. The number of rotatable bonds is 8. The van der Waals surface area contributed by atoms with Crippen molar-refractivity contribution in [1.82, 2.24) is 0 Å². The van der Waals surface area contributed by atoms with Crippen LogP contribution in [0.5, 0.6) is 0 Å². The Bertz CT molecular complexity index is 468. The van der Waals surface area contributed by atoms with E-state index in [4.69, 9.17) is 4.12 Å². The molecule has 0 spiro atoms. The predicted octanol–water partition coefficient (Wildman–Crippen LogP) is -2.03. The van der Waals surface area contributed by atoms with Crippen molar-refractivity contribution in [2.24, 2.45) is 0 Å². The highest BCUT2D eigenvalue weighted by Crippen LogP contribution is 2.07. The molecule has 0 bridgehead atoms. The molecule has 0 fully saturated rings. The second-order valence-corrected chi connectivity index (χ2v) is 40.1. The first-order valence-corrected chi connectivity index (χ1v) is 25.4. The summed E-state index contributed by atoms with van der Waals surface area (Å²) in [7, 11) is -20.9. The van der Waals surface area contributed by atoms with Crippen molar-refractivity contribution in [2.45, 2.75) is 26.2 Å². The van der Waals surface area contributed by atoms with Crippen LogP contribution in [-0.2, 0) is 30.9 Å². The summed E-state index contributed by atoms with van der Waals surface area (Å²) in [5.41, 5.74) is 0. The molecule has 0 amide bonds. The molecule has 0 aliphatic heterocycles. The highest BCUT2D eigenvalue weighted by Gasteiger charge is 2.49. The Kier molecular flexibility index (Phi) is 8.27. The van der Waals surface area contributed by atoms with Gasteiger partial charge < -0.3 is 30.9 Å². The quantitative estimate of drug-likeness (QED) is 0.433. The van der Waals surface area contributed by atoms with Crippen molar-refractivity contribution >= 4 is 64.4 Å². The van der Waals surface area contributed by atoms with Gasteiger partial charge in [0.2, 0.25) is 7.83 Å². The van der Waals surface area contributed by atoms with Gasteiger partial charge >= 0.3 is 47.5 Å². The van der Waals surface area contributed by atoms with Crippen molar-refractivity contribution in [1.29, 1.82) is 0 Å². The van der Waals surface area contributed by atoms with Gasteiger partial charge in [-0.05, 0) is 26.2 Å². The molecule has 7 nitrogen and oxygen atoms in total. The Hall–Kier alpha value is 0.495. The van der Waals surface area contributed by atoms with Crippen LogP contribution in [0.1, 0.15) is 0 Å². The molecule has 0 rings (SSSR count). The van der Waals surface area contributed by atoms with E-state index in [2.05, 4.69) is 0 Å². The van der Waals surface area contributed by atoms with Crippen molar-refractivity contribution < 1.29 is 30.9 Å². The van der Waals surface area contributed by atoms with Crippen LogP contribution in [0, 0.1) is 0 Å². The molecule has 0 aromatic heterocycles. The van der Waals surface area contributed by atoms with E-state index < -0.39 is 64.4 Å². The van der Waals surface area contributed by atoms with Crippen molar-refractivity contribution in [3.05, 3.63) is 0 Å². The zero-order valence-electron chi connectivity index (χ0n) is 11.0. The average Bonchev–Trinajstić information content (AvgIpc) is 2.32. The SMILES string of the molecule is C[SiH](C)O[Si](C)(C)[Si](=O)[Si](=O)[Si](=O)[Si](=O)[Si](=O)[SiH]=O. The topological polar surface area (TPSA) is 112 Å². The lowest BCUT2D eigenvalue weighted by atomic mass is 11.9. The monoisotopic (exact) mass is 398 g/mol. The minimum absolute atomic E-state index is 1.47. The van der Waals surface area contributed by atoms with Crippen molar-refractivity contribution in [3.63, 3.8) is 0 Å². The molecular formula is C4H14O7Si8. The molecule has 15 heteroatoms. The molecule has 0 heterocycles. The maximum atomic E-state index is 12.2. The Morgan fingerprint density at radius 2 is 1.42 bits per heavy atom. The molecule has 0 saturated carbocycles. The fraction of sp³-hybridized carbons (Fsp3) is 1.00. The van der Waals surface area contributed by atoms with E-state index in [1.165, 1.54) is 0 Å². The molecule has 0 radical (unpaired) electrons. The average molecular weight is 399 g/mol. The van der Waals surface area contributed by atoms with Gasteiger partial charge in [-0.15, -0.1) is 0 Å². The first kappa shape index (κ1) is 19.5. The molecular weight excluding hydrogens is 385 g/mol. The molecule has 104 valence electrons. The van der Waals surface area contributed by atoms with Crippen LogP contribution in [0.4, 0.5) is 0 Å². The van der Waals surface area contributed by atoms with Gasteiger partial charge in [-0.25, -0.2) is 0 Å². The maximum Gasteiger partial charge on any atom is 0.380 e. The van der Waals surface area contributed by atoms with Crippen LogP contribution in [0.15, 0.2) is 0 Å². The first-order valence-electron chi connectivity index (χ1n) is 5.39. The van der Waals surface area contributed by atoms with E-state index in [0.717, 1.165) is 0 Å². The van der Waals surface area contributed by atoms with Crippen LogP contribution in [0.3, 0.4) is 0 Å². The van der Waals surface area contributed by atoms with Gasteiger partial charge in [0.1, 0.15) is 0 Å². The zero-order chi connectivity index (χ0) is 15.4. The Balaban J connectivity index is 5.07. The molecule has 0 aliphatic rings. The van der Waals surface area contributed by atoms with E-state index in [1.807, 2.05) is 13.1 Å². The molecule has 0 N–H and O–H groups in total. The summed E-state index contributed by atoms with van der Waals surface area (Å²) in [4.78, 5) is 0. The normalized spacial score (nSPS) is 11.0. The van der Waals surface area contributed by atoms with E-state index in [1.54, 1.807) is 13.1 Å². The van der Waals surface area contributed by atoms with Crippen LogP contribution < -0.4 is 0 Å². The van der Waals surface area contributed by atoms with Crippen LogP contribution in [0.2, 0.25) is 26.2 Å². The second kappa shape index (κ2) is 8.06. The van der Waals surface area contributed by atoms with Crippen LogP contribution >= 0.6 is 0 Å². The lowest BCUT2D eigenvalue weighted by Gasteiger charge is -2.21. The minimum Gasteiger partial charge on any atom is -0.456 e. The fourth-order valence-corrected chi connectivity index (χ4v) is 67.4. The summed E-state index contributed by atoms with van der Waals surface area (Å²) >= 11 is 0. The fourth-order valence-electron chi connectivity index (χ4n) is 1.29. The summed E-state index contributed by atoms with van der Waals surface area (Å²) < 4.78 is 74.7. The van der Waals surface area contributed by atoms with Crippen LogP contribution in [-0.4, -0.2) is 64.4 Å². The maximum absolute atomic E-state index is 12.2. The van der Waals surface area contributed by atoms with Crippen molar-refractivity contribution in [3.8, 4) is 0 Å². The van der Waals surface area contributed by atoms with Gasteiger partial charge in [0.05, 0.1) is 0 Å². The van der Waals surface area contributed by atoms with Gasteiger partial charge in [0.25, 0.3) is 0 Å². The van der Waals surface area contributed by atoms with Crippen LogP contribution in [0.25, 0.3) is 0 Å². The molecule has 0 aromatic rings. The summed E-state index contributed by atoms with van der Waals surface area (Å²) in [5, 5.41) is 0. The highest BCUT2D eigenvalue weighted by molar-refractivity contribution is 7.71. The lowest BCUT2D eigenvalue weighted by Crippen LogP contribution is -2.56. The third-order valence-electron chi connectivity index (χ3n) is 2.03. The van der Waals surface area contributed by atoms with Gasteiger partial charge in [-0.3, -0.25) is 0 Å². The first-order chi connectivity index (χ1) is 8.54. The second-order valence-electron chi connectivity index (χ2n) is 4.48. The van der Waals surface area contributed by atoms with E-state index in [9.17, 15) is 26.8 Å². The zero-order valence-corrected chi connectivity index (χ0v) is 19.3.